The number of hydrogen-bond donors (Lipinski definition) is 0. The predicted octanol–water partition coefficient (Wildman–Crippen LogP) is 3.51. The lowest BCUT2D eigenvalue weighted by Crippen LogP contribution is -2.44. The molecular formula is C24H29N5O2. The van der Waals surface area contributed by atoms with Crippen molar-refractivity contribution in [3.8, 4) is 0 Å². The summed E-state index contributed by atoms with van der Waals surface area (Å²) < 4.78 is 0. The topological polar surface area (TPSA) is 79.3 Å². The number of carbonyl (C=O) groups is 2. The summed E-state index contributed by atoms with van der Waals surface area (Å²) >= 11 is 0. The van der Waals surface area contributed by atoms with Crippen LogP contribution >= 0.6 is 0 Å². The fraction of sp³-hybridized carbons (Fsp3) is 0.542. The van der Waals surface area contributed by atoms with Crippen LogP contribution in [0, 0.1) is 12.8 Å². The molecule has 0 spiro atoms. The lowest BCUT2D eigenvalue weighted by Gasteiger charge is -2.39. The van der Waals surface area contributed by atoms with E-state index in [1.165, 1.54) is 0 Å². The van der Waals surface area contributed by atoms with Crippen molar-refractivity contribution in [3.05, 3.63) is 47.2 Å². The van der Waals surface area contributed by atoms with Gasteiger partial charge in [0.2, 0.25) is 11.8 Å². The van der Waals surface area contributed by atoms with E-state index in [1.807, 2.05) is 30.0 Å². The Balaban J connectivity index is 1.50. The summed E-state index contributed by atoms with van der Waals surface area (Å²) in [6.45, 7) is 3.17. The summed E-state index contributed by atoms with van der Waals surface area (Å²) in [5, 5.41) is 0. The molecule has 0 unspecified atom stereocenters. The van der Waals surface area contributed by atoms with E-state index in [0.717, 1.165) is 62.0 Å². The first-order valence-corrected chi connectivity index (χ1v) is 11.5. The number of carbonyl (C=O) groups excluding carboxylic acids is 2. The molecule has 0 radical (unpaired) electrons. The van der Waals surface area contributed by atoms with E-state index in [0.29, 0.717) is 31.0 Å². The molecule has 31 heavy (non-hydrogen) atoms. The maximum atomic E-state index is 13.1. The van der Waals surface area contributed by atoms with Crippen LogP contribution in [0.15, 0.2) is 24.4 Å². The highest BCUT2D eigenvalue weighted by molar-refractivity contribution is 5.95. The van der Waals surface area contributed by atoms with Gasteiger partial charge in [-0.1, -0.05) is 12.5 Å². The van der Waals surface area contributed by atoms with Crippen LogP contribution in [0.2, 0.25) is 0 Å². The summed E-state index contributed by atoms with van der Waals surface area (Å²) in [5.74, 6) is 1.88. The van der Waals surface area contributed by atoms with Gasteiger partial charge in [-0.25, -0.2) is 9.97 Å². The third-order valence-electron chi connectivity index (χ3n) is 6.94. The molecule has 0 aromatic carbocycles. The first-order chi connectivity index (χ1) is 15.1. The molecule has 2 amide bonds. The van der Waals surface area contributed by atoms with Gasteiger partial charge in [-0.2, -0.15) is 0 Å². The second-order valence-electron chi connectivity index (χ2n) is 8.94. The van der Waals surface area contributed by atoms with E-state index >= 15 is 0 Å². The highest BCUT2D eigenvalue weighted by atomic mass is 16.2. The Morgan fingerprint density at radius 2 is 1.97 bits per heavy atom. The number of rotatable bonds is 4. The van der Waals surface area contributed by atoms with Crippen LogP contribution in [0.5, 0.6) is 0 Å². The monoisotopic (exact) mass is 419 g/mol. The summed E-state index contributed by atoms with van der Waals surface area (Å²) in [6, 6.07) is 5.63. The third kappa shape index (κ3) is 3.82. The fourth-order valence-corrected chi connectivity index (χ4v) is 4.92. The van der Waals surface area contributed by atoms with Gasteiger partial charge in [-0.15, -0.1) is 0 Å². The minimum Gasteiger partial charge on any atom is -0.332 e. The molecule has 7 heteroatoms. The van der Waals surface area contributed by atoms with E-state index in [-0.39, 0.29) is 23.8 Å². The highest BCUT2D eigenvalue weighted by Crippen LogP contribution is 2.37. The van der Waals surface area contributed by atoms with Crippen molar-refractivity contribution in [1.29, 1.82) is 0 Å². The third-order valence-corrected chi connectivity index (χ3v) is 6.94. The molecule has 5 rings (SSSR count). The van der Waals surface area contributed by atoms with Crippen LogP contribution in [0.1, 0.15) is 73.8 Å². The van der Waals surface area contributed by atoms with Crippen molar-refractivity contribution in [3.63, 3.8) is 0 Å². The van der Waals surface area contributed by atoms with Crippen molar-refractivity contribution in [2.75, 3.05) is 11.4 Å². The number of nitrogens with zero attached hydrogens (tertiary/aromatic N) is 5. The predicted molar refractivity (Wildman–Crippen MR) is 116 cm³/mol. The minimum atomic E-state index is -0.0976. The van der Waals surface area contributed by atoms with Gasteiger partial charge in [0.05, 0.1) is 18.3 Å². The molecule has 0 N–H and O–H groups in total. The van der Waals surface area contributed by atoms with Crippen molar-refractivity contribution in [1.82, 2.24) is 19.9 Å². The van der Waals surface area contributed by atoms with Gasteiger partial charge < -0.3 is 4.90 Å². The Morgan fingerprint density at radius 1 is 1.10 bits per heavy atom. The Labute approximate surface area is 182 Å². The first-order valence-electron chi connectivity index (χ1n) is 11.5. The van der Waals surface area contributed by atoms with Gasteiger partial charge in [-0.05, 0) is 57.6 Å². The molecule has 2 fully saturated rings. The molecule has 162 valence electrons. The molecule has 1 saturated carbocycles. The van der Waals surface area contributed by atoms with Gasteiger partial charge in [0, 0.05) is 36.3 Å². The van der Waals surface area contributed by atoms with Gasteiger partial charge >= 0.3 is 0 Å². The van der Waals surface area contributed by atoms with Crippen molar-refractivity contribution >= 4 is 17.6 Å². The van der Waals surface area contributed by atoms with Crippen LogP contribution in [0.4, 0.5) is 5.82 Å². The number of piperidine rings is 1. The van der Waals surface area contributed by atoms with Crippen LogP contribution < -0.4 is 4.90 Å². The quantitative estimate of drug-likeness (QED) is 0.758. The molecule has 2 aromatic rings. The Hall–Kier alpha value is -2.83. The number of amides is 2. The van der Waals surface area contributed by atoms with Gasteiger partial charge in [0.15, 0.2) is 5.82 Å². The van der Waals surface area contributed by atoms with Crippen LogP contribution in [-0.4, -0.2) is 38.2 Å². The molecule has 1 aliphatic carbocycles. The molecule has 2 aliphatic heterocycles. The zero-order valence-corrected chi connectivity index (χ0v) is 18.1. The normalized spacial score (nSPS) is 21.6. The Bertz CT molecular complexity index is 989. The molecular weight excluding hydrogens is 390 g/mol. The van der Waals surface area contributed by atoms with E-state index in [1.54, 1.807) is 11.1 Å². The second-order valence-corrected chi connectivity index (χ2v) is 8.94. The molecule has 2 aromatic heterocycles. The summed E-state index contributed by atoms with van der Waals surface area (Å²) in [4.78, 5) is 43.9. The number of anilines is 1. The first kappa shape index (κ1) is 20.1. The van der Waals surface area contributed by atoms with Gasteiger partial charge in [-0.3, -0.25) is 19.5 Å². The molecule has 4 heterocycles. The zero-order valence-electron chi connectivity index (χ0n) is 18.1. The molecule has 0 bridgehead atoms. The number of likely N-dealkylation sites (tertiary alicyclic amines) is 1. The number of aromatic nitrogens is 3. The van der Waals surface area contributed by atoms with E-state index in [2.05, 4.69) is 4.98 Å². The van der Waals surface area contributed by atoms with Crippen molar-refractivity contribution in [2.24, 2.45) is 5.92 Å². The number of aryl methyl sites for hydroxylation is 1. The number of pyridine rings is 1. The second kappa shape index (κ2) is 8.36. The minimum absolute atomic E-state index is 0.0632. The Kier molecular flexibility index (Phi) is 5.42. The lowest BCUT2D eigenvalue weighted by atomic mass is 9.83. The van der Waals surface area contributed by atoms with E-state index in [9.17, 15) is 9.59 Å². The van der Waals surface area contributed by atoms with Crippen LogP contribution in [-0.2, 0) is 22.6 Å². The van der Waals surface area contributed by atoms with Crippen molar-refractivity contribution in [2.45, 2.75) is 70.9 Å². The fourth-order valence-electron chi connectivity index (χ4n) is 4.92. The van der Waals surface area contributed by atoms with Crippen molar-refractivity contribution < 1.29 is 9.59 Å². The van der Waals surface area contributed by atoms with Crippen LogP contribution in [0.3, 0.4) is 0 Å². The molecule has 3 aliphatic rings. The number of hydrogen-bond acceptors (Lipinski definition) is 5. The van der Waals surface area contributed by atoms with Crippen LogP contribution in [0.25, 0.3) is 0 Å². The maximum Gasteiger partial charge on any atom is 0.228 e. The Morgan fingerprint density at radius 3 is 2.71 bits per heavy atom. The summed E-state index contributed by atoms with van der Waals surface area (Å²) in [5.41, 5.74) is 2.79. The smallest absolute Gasteiger partial charge is 0.228 e. The largest absolute Gasteiger partial charge is 0.332 e. The SMILES string of the molecule is Cc1nc([C@@H]2CCCCN2C(=O)C2CCC2)nc2c1CCC(=O)N2Cc1ccccn1. The zero-order chi connectivity index (χ0) is 21.4. The number of fused-ring (bicyclic) bond motifs is 1. The van der Waals surface area contributed by atoms with Gasteiger partial charge in [0.25, 0.3) is 0 Å². The maximum absolute atomic E-state index is 13.1. The van der Waals surface area contributed by atoms with E-state index in [4.69, 9.17) is 9.97 Å². The van der Waals surface area contributed by atoms with E-state index < -0.39 is 0 Å². The highest BCUT2D eigenvalue weighted by Gasteiger charge is 2.37. The lowest BCUT2D eigenvalue weighted by molar-refractivity contribution is -0.142. The molecule has 1 saturated heterocycles. The average Bonchev–Trinajstić information content (AvgIpc) is 2.75. The summed E-state index contributed by atoms with van der Waals surface area (Å²) in [7, 11) is 0. The summed E-state index contributed by atoms with van der Waals surface area (Å²) in [6.07, 6.45) is 8.98. The van der Waals surface area contributed by atoms with Gasteiger partial charge in [0.1, 0.15) is 5.82 Å². The standard InChI is InChI=1S/C24H29N5O2/c1-16-19-11-12-21(30)29(15-18-9-2-4-13-25-18)23(19)27-22(26-16)20-10-3-5-14-28(20)24(31)17-7-6-8-17/h2,4,9,13,17,20H,3,5-8,10-12,14-15H2,1H3/t20-/m0/s1. The average molecular weight is 420 g/mol. The molecule has 1 atom stereocenters. The molecule has 7 nitrogen and oxygen atoms in total.